The molecule has 2 aromatic rings. The lowest BCUT2D eigenvalue weighted by atomic mass is 10.4. The molecule has 0 amide bonds. The van der Waals surface area contributed by atoms with Crippen LogP contribution in [0.3, 0.4) is 0 Å². The fraction of sp³-hybridized carbons (Fsp3) is 0.364. The van der Waals surface area contributed by atoms with Gasteiger partial charge in [-0.25, -0.2) is 4.98 Å². The highest BCUT2D eigenvalue weighted by Gasteiger charge is 2.06. The summed E-state index contributed by atoms with van der Waals surface area (Å²) >= 11 is 5.00. The molecule has 18 heavy (non-hydrogen) atoms. The summed E-state index contributed by atoms with van der Waals surface area (Å²) in [6, 6.07) is 5.77. The lowest BCUT2D eigenvalue weighted by Gasteiger charge is -2.01. The summed E-state index contributed by atoms with van der Waals surface area (Å²) < 4.78 is 7.10. The van der Waals surface area contributed by atoms with Crippen LogP contribution in [0.25, 0.3) is 0 Å². The fourth-order valence-corrected chi connectivity index (χ4v) is 4.05. The highest BCUT2D eigenvalue weighted by atomic mass is 32.2. The number of rotatable bonds is 6. The van der Waals surface area contributed by atoms with Crippen LogP contribution in [0.5, 0.6) is 5.88 Å². The molecular weight excluding hydrogens is 286 g/mol. The molecule has 0 radical (unpaired) electrons. The van der Waals surface area contributed by atoms with Crippen molar-refractivity contribution in [3.8, 4) is 5.88 Å². The Morgan fingerprint density at radius 1 is 1.22 bits per heavy atom. The Balaban J connectivity index is 1.93. The first-order valence-corrected chi connectivity index (χ1v) is 8.19. The SMILES string of the molecule is CCSc1nnc(SCc2cccc(OC)n2)s1. The zero-order valence-corrected chi connectivity index (χ0v) is 12.6. The van der Waals surface area contributed by atoms with Crippen molar-refractivity contribution in [2.24, 2.45) is 0 Å². The molecule has 0 atom stereocenters. The molecule has 0 aliphatic carbocycles. The summed E-state index contributed by atoms with van der Waals surface area (Å²) in [5.74, 6) is 2.45. The Morgan fingerprint density at radius 3 is 2.72 bits per heavy atom. The van der Waals surface area contributed by atoms with Crippen molar-refractivity contribution in [3.63, 3.8) is 0 Å². The quantitative estimate of drug-likeness (QED) is 0.762. The van der Waals surface area contributed by atoms with Crippen LogP contribution in [0.1, 0.15) is 12.6 Å². The number of methoxy groups -OCH3 is 1. The maximum atomic E-state index is 5.09. The fourth-order valence-electron chi connectivity index (χ4n) is 1.22. The minimum atomic E-state index is 0.646. The van der Waals surface area contributed by atoms with Gasteiger partial charge in [-0.15, -0.1) is 10.2 Å². The van der Waals surface area contributed by atoms with Crippen molar-refractivity contribution in [2.75, 3.05) is 12.9 Å². The van der Waals surface area contributed by atoms with E-state index in [-0.39, 0.29) is 0 Å². The zero-order chi connectivity index (χ0) is 12.8. The third-order valence-electron chi connectivity index (χ3n) is 1.99. The van der Waals surface area contributed by atoms with E-state index in [1.807, 2.05) is 18.2 Å². The van der Waals surface area contributed by atoms with Gasteiger partial charge in [0.05, 0.1) is 12.8 Å². The Bertz CT molecular complexity index is 504. The summed E-state index contributed by atoms with van der Waals surface area (Å²) in [5, 5.41) is 8.26. The van der Waals surface area contributed by atoms with Gasteiger partial charge in [-0.05, 0) is 11.8 Å². The molecule has 0 N–H and O–H groups in total. The average Bonchev–Trinajstić information content (AvgIpc) is 2.85. The molecular formula is C11H13N3OS3. The molecule has 0 bridgehead atoms. The van der Waals surface area contributed by atoms with Crippen LogP contribution in [0.15, 0.2) is 26.9 Å². The van der Waals surface area contributed by atoms with Crippen molar-refractivity contribution in [1.82, 2.24) is 15.2 Å². The number of hydrogen-bond acceptors (Lipinski definition) is 7. The third-order valence-corrected chi connectivity index (χ3v) is 5.10. The molecule has 0 aliphatic heterocycles. The first-order valence-electron chi connectivity index (χ1n) is 5.41. The minimum absolute atomic E-state index is 0.646. The van der Waals surface area contributed by atoms with Crippen molar-refractivity contribution in [1.29, 1.82) is 0 Å². The van der Waals surface area contributed by atoms with Crippen LogP contribution in [0.2, 0.25) is 0 Å². The molecule has 0 aromatic carbocycles. The maximum absolute atomic E-state index is 5.09. The van der Waals surface area contributed by atoms with E-state index in [2.05, 4.69) is 22.1 Å². The Labute approximate surface area is 119 Å². The molecule has 0 saturated heterocycles. The monoisotopic (exact) mass is 299 g/mol. The second-order valence-electron chi connectivity index (χ2n) is 3.23. The highest BCUT2D eigenvalue weighted by Crippen LogP contribution is 2.30. The second-order valence-corrected chi connectivity index (χ2v) is 6.94. The van der Waals surface area contributed by atoms with Gasteiger partial charge in [-0.3, -0.25) is 0 Å². The predicted molar refractivity (Wildman–Crippen MR) is 76.7 cm³/mol. The van der Waals surface area contributed by atoms with Crippen LogP contribution < -0.4 is 4.74 Å². The molecule has 0 unspecified atom stereocenters. The van der Waals surface area contributed by atoms with Gasteiger partial charge in [-0.2, -0.15) is 0 Å². The van der Waals surface area contributed by atoms with Crippen LogP contribution >= 0.6 is 34.9 Å². The Hall–Kier alpha value is -0.790. The molecule has 0 saturated carbocycles. The Kier molecular flexibility index (Phi) is 5.27. The molecule has 0 aliphatic rings. The first-order chi connectivity index (χ1) is 8.81. The van der Waals surface area contributed by atoms with Crippen LogP contribution in [0.4, 0.5) is 0 Å². The molecule has 0 spiro atoms. The van der Waals surface area contributed by atoms with E-state index in [9.17, 15) is 0 Å². The van der Waals surface area contributed by atoms with Crippen molar-refractivity contribution < 1.29 is 4.74 Å². The summed E-state index contributed by atoms with van der Waals surface area (Å²) in [7, 11) is 1.62. The number of hydrogen-bond donors (Lipinski definition) is 0. The highest BCUT2D eigenvalue weighted by molar-refractivity contribution is 8.02. The molecule has 96 valence electrons. The summed E-state index contributed by atoms with van der Waals surface area (Å²) in [6.45, 7) is 2.11. The molecule has 4 nitrogen and oxygen atoms in total. The van der Waals surface area contributed by atoms with E-state index in [1.54, 1.807) is 42.0 Å². The number of thioether (sulfide) groups is 2. The zero-order valence-electron chi connectivity index (χ0n) is 10.1. The number of ether oxygens (including phenoxy) is 1. The van der Waals surface area contributed by atoms with Gasteiger partial charge in [-0.1, -0.05) is 47.9 Å². The number of pyridine rings is 1. The van der Waals surface area contributed by atoms with Crippen molar-refractivity contribution in [2.45, 2.75) is 21.4 Å². The van der Waals surface area contributed by atoms with Crippen LogP contribution in [-0.2, 0) is 5.75 Å². The van der Waals surface area contributed by atoms with Gasteiger partial charge in [0.25, 0.3) is 0 Å². The van der Waals surface area contributed by atoms with Gasteiger partial charge in [0.1, 0.15) is 0 Å². The largest absolute Gasteiger partial charge is 0.481 e. The lowest BCUT2D eigenvalue weighted by molar-refractivity contribution is 0.397. The van der Waals surface area contributed by atoms with Crippen LogP contribution in [0, 0.1) is 0 Å². The van der Waals surface area contributed by atoms with E-state index in [0.29, 0.717) is 5.88 Å². The van der Waals surface area contributed by atoms with E-state index in [4.69, 9.17) is 4.74 Å². The summed E-state index contributed by atoms with van der Waals surface area (Å²) in [5.41, 5.74) is 0.985. The minimum Gasteiger partial charge on any atom is -0.481 e. The summed E-state index contributed by atoms with van der Waals surface area (Å²) in [6.07, 6.45) is 0. The van der Waals surface area contributed by atoms with Gasteiger partial charge in [0, 0.05) is 11.8 Å². The van der Waals surface area contributed by atoms with Gasteiger partial charge >= 0.3 is 0 Å². The number of aromatic nitrogens is 3. The molecule has 2 aromatic heterocycles. The smallest absolute Gasteiger partial charge is 0.213 e. The first kappa shape index (κ1) is 13.6. The normalized spacial score (nSPS) is 10.6. The van der Waals surface area contributed by atoms with Gasteiger partial charge in [0.15, 0.2) is 8.68 Å². The third kappa shape index (κ3) is 3.86. The van der Waals surface area contributed by atoms with Crippen molar-refractivity contribution >= 4 is 34.9 Å². The second kappa shape index (κ2) is 6.96. The van der Waals surface area contributed by atoms with E-state index in [0.717, 1.165) is 25.9 Å². The topological polar surface area (TPSA) is 47.9 Å². The van der Waals surface area contributed by atoms with Gasteiger partial charge < -0.3 is 4.74 Å². The van der Waals surface area contributed by atoms with Crippen molar-refractivity contribution in [3.05, 3.63) is 23.9 Å². The Morgan fingerprint density at radius 2 is 2.00 bits per heavy atom. The van der Waals surface area contributed by atoms with Gasteiger partial charge in [0.2, 0.25) is 5.88 Å². The molecule has 7 heteroatoms. The molecule has 0 fully saturated rings. The lowest BCUT2D eigenvalue weighted by Crippen LogP contribution is -1.91. The van der Waals surface area contributed by atoms with E-state index >= 15 is 0 Å². The average molecular weight is 299 g/mol. The van der Waals surface area contributed by atoms with E-state index in [1.165, 1.54) is 0 Å². The summed E-state index contributed by atoms with van der Waals surface area (Å²) in [4.78, 5) is 4.36. The van der Waals surface area contributed by atoms with E-state index < -0.39 is 0 Å². The molecule has 2 heterocycles. The van der Waals surface area contributed by atoms with Crippen LogP contribution in [-0.4, -0.2) is 28.0 Å². The predicted octanol–water partition coefficient (Wildman–Crippen LogP) is 3.35. The molecule has 2 rings (SSSR count). The maximum Gasteiger partial charge on any atom is 0.213 e. The standard InChI is InChI=1S/C11H13N3OS3/c1-3-16-10-13-14-11(18-10)17-7-8-5-4-6-9(12-8)15-2/h4-6H,3,7H2,1-2H3. The number of nitrogens with zero attached hydrogens (tertiary/aromatic N) is 3.